The highest BCUT2D eigenvalue weighted by Crippen LogP contribution is 2.18. The third kappa shape index (κ3) is 5.92. The molecule has 0 aliphatic carbocycles. The number of carbonyl (C=O) groups excluding carboxylic acids is 2. The molecule has 0 saturated carbocycles. The normalized spacial score (nSPS) is 16.6. The Bertz CT molecular complexity index is 1590. The fourth-order valence-corrected chi connectivity index (χ4v) is 4.72. The molecule has 0 aromatic carbocycles. The van der Waals surface area contributed by atoms with Gasteiger partial charge in [0.2, 0.25) is 0 Å². The lowest BCUT2D eigenvalue weighted by atomic mass is 10.1. The molecule has 10 heteroatoms. The van der Waals surface area contributed by atoms with Gasteiger partial charge < -0.3 is 14.0 Å². The highest BCUT2D eigenvalue weighted by Gasteiger charge is 2.24. The molecule has 1 atom stereocenters. The van der Waals surface area contributed by atoms with Gasteiger partial charge in [0.15, 0.2) is 5.49 Å². The molecule has 0 radical (unpaired) electrons. The highest BCUT2D eigenvalue weighted by molar-refractivity contribution is 9.11. The van der Waals surface area contributed by atoms with Crippen LogP contribution in [0, 0.1) is 6.92 Å². The average molecular weight is 581 g/mol. The van der Waals surface area contributed by atoms with Crippen molar-refractivity contribution >= 4 is 44.5 Å². The Balaban J connectivity index is 2.02. The van der Waals surface area contributed by atoms with Crippen molar-refractivity contribution in [3.05, 3.63) is 86.7 Å². The first-order valence-corrected chi connectivity index (χ1v) is 13.2. The number of fused-ring (bicyclic) bond motifs is 2. The van der Waals surface area contributed by atoms with Gasteiger partial charge in [-0.3, -0.25) is 14.0 Å². The summed E-state index contributed by atoms with van der Waals surface area (Å²) in [5.74, 6) is -1.17. The van der Waals surface area contributed by atoms with E-state index in [1.807, 2.05) is 13.0 Å². The zero-order valence-electron chi connectivity index (χ0n) is 21.4. The Labute approximate surface area is 227 Å². The van der Waals surface area contributed by atoms with Gasteiger partial charge in [0, 0.05) is 17.3 Å². The van der Waals surface area contributed by atoms with Crippen LogP contribution in [0.2, 0.25) is 0 Å². The summed E-state index contributed by atoms with van der Waals surface area (Å²) in [5.41, 5.74) is 1.38. The molecule has 4 rings (SSSR count). The molecular weight excluding hydrogens is 552 g/mol. The van der Waals surface area contributed by atoms with Crippen LogP contribution in [0.5, 0.6) is 0 Å². The zero-order valence-corrected chi connectivity index (χ0v) is 22.9. The first-order valence-electron chi connectivity index (χ1n) is 12.4. The van der Waals surface area contributed by atoms with E-state index in [1.54, 1.807) is 48.1 Å². The number of rotatable bonds is 8. The van der Waals surface area contributed by atoms with E-state index >= 15 is 0 Å². The molecule has 3 aromatic rings. The molecule has 1 saturated heterocycles. The van der Waals surface area contributed by atoms with Gasteiger partial charge in [0.25, 0.3) is 11.5 Å². The molecule has 4 heterocycles. The number of hydrogen-bond acceptors (Lipinski definition) is 6. The number of amides is 1. The van der Waals surface area contributed by atoms with Crippen molar-refractivity contribution in [1.82, 2.24) is 14.0 Å². The standard InChI is InChI=1S/C28H29BrN4O5/c1-4-6-7-11-19(29)15-23(34)30-26-22(28(36)37-5-2)16-21-25(33(26)17-20-12-9-14-38-20)31-24-18(3)10-8-13-32(24)27(21)35/h4,6-8,10-11,13,16,20H,1,5,9,12,14-15,17H2,2-3H3/b7-6+,19-11-,30-26?. The number of halogens is 1. The fraction of sp³-hybridized carbons (Fsp3) is 0.321. The summed E-state index contributed by atoms with van der Waals surface area (Å²) in [5, 5.41) is 0.219. The second-order valence-corrected chi connectivity index (χ2v) is 9.82. The van der Waals surface area contributed by atoms with Gasteiger partial charge in [-0.1, -0.05) is 52.9 Å². The lowest BCUT2D eigenvalue weighted by Crippen LogP contribution is -2.35. The van der Waals surface area contributed by atoms with Gasteiger partial charge in [-0.25, -0.2) is 9.78 Å². The molecule has 198 valence electrons. The minimum absolute atomic E-state index is 0.0175. The summed E-state index contributed by atoms with van der Waals surface area (Å²) in [6.07, 6.45) is 9.92. The Morgan fingerprint density at radius 2 is 2.16 bits per heavy atom. The zero-order chi connectivity index (χ0) is 27.2. The fourth-order valence-electron chi connectivity index (χ4n) is 4.33. The van der Waals surface area contributed by atoms with Crippen LogP contribution in [0.15, 0.2) is 69.5 Å². The Hall–Kier alpha value is -3.63. The van der Waals surface area contributed by atoms with Crippen molar-refractivity contribution in [2.45, 2.75) is 45.8 Å². The molecule has 1 unspecified atom stereocenters. The first-order chi connectivity index (χ1) is 18.3. The molecule has 1 amide bonds. The summed E-state index contributed by atoms with van der Waals surface area (Å²) in [7, 11) is 0. The lowest BCUT2D eigenvalue weighted by molar-refractivity contribution is -0.117. The van der Waals surface area contributed by atoms with Crippen molar-refractivity contribution in [1.29, 1.82) is 0 Å². The van der Waals surface area contributed by atoms with E-state index in [0.717, 1.165) is 18.4 Å². The summed E-state index contributed by atoms with van der Waals surface area (Å²) in [6, 6.07) is 5.06. The molecule has 1 aliphatic rings. The summed E-state index contributed by atoms with van der Waals surface area (Å²) >= 11 is 3.39. The number of pyridine rings is 2. The molecule has 3 aromatic heterocycles. The van der Waals surface area contributed by atoms with Crippen molar-refractivity contribution in [2.24, 2.45) is 4.99 Å². The van der Waals surface area contributed by atoms with E-state index in [-0.39, 0.29) is 47.7 Å². The maximum absolute atomic E-state index is 13.6. The molecular formula is C28H29BrN4O5. The minimum Gasteiger partial charge on any atom is -0.462 e. The number of allylic oxidation sites excluding steroid dienone is 4. The monoisotopic (exact) mass is 580 g/mol. The molecule has 1 aliphatic heterocycles. The van der Waals surface area contributed by atoms with E-state index < -0.39 is 11.9 Å². The molecule has 1 fully saturated rings. The van der Waals surface area contributed by atoms with E-state index in [0.29, 0.717) is 22.4 Å². The van der Waals surface area contributed by atoms with Crippen LogP contribution in [0.1, 0.15) is 42.1 Å². The van der Waals surface area contributed by atoms with E-state index in [2.05, 4.69) is 27.5 Å². The van der Waals surface area contributed by atoms with Gasteiger partial charge >= 0.3 is 5.97 Å². The van der Waals surface area contributed by atoms with Crippen LogP contribution in [0.25, 0.3) is 16.7 Å². The van der Waals surface area contributed by atoms with Crippen molar-refractivity contribution in [3.63, 3.8) is 0 Å². The predicted octanol–water partition coefficient (Wildman–Crippen LogP) is 4.15. The van der Waals surface area contributed by atoms with Gasteiger partial charge in [-0.15, -0.1) is 0 Å². The molecule has 9 nitrogen and oxygen atoms in total. The largest absolute Gasteiger partial charge is 0.462 e. The SMILES string of the molecule is C=C/C=C/C=C(\Br)CC(=O)N=c1c(C(=O)OCC)cc2c(=O)n3cccc(C)c3nc2n1CC1CCCO1. The third-order valence-electron chi connectivity index (χ3n) is 6.09. The van der Waals surface area contributed by atoms with Gasteiger partial charge in [-0.05, 0) is 44.4 Å². The van der Waals surface area contributed by atoms with Crippen LogP contribution < -0.4 is 11.0 Å². The summed E-state index contributed by atoms with van der Waals surface area (Å²) in [6.45, 7) is 8.17. The first kappa shape index (κ1) is 27.4. The maximum atomic E-state index is 13.6. The van der Waals surface area contributed by atoms with Crippen LogP contribution in [0.3, 0.4) is 0 Å². The molecule has 0 bridgehead atoms. The van der Waals surface area contributed by atoms with Crippen LogP contribution in [-0.4, -0.2) is 45.1 Å². The molecule has 0 spiro atoms. The third-order valence-corrected chi connectivity index (χ3v) is 6.63. The lowest BCUT2D eigenvalue weighted by Gasteiger charge is -2.18. The smallest absolute Gasteiger partial charge is 0.341 e. The average Bonchev–Trinajstić information content (AvgIpc) is 3.39. The second kappa shape index (κ2) is 12.3. The minimum atomic E-state index is -0.681. The van der Waals surface area contributed by atoms with Gasteiger partial charge in [0.05, 0.1) is 31.1 Å². The van der Waals surface area contributed by atoms with Crippen LogP contribution in [-0.2, 0) is 20.8 Å². The Kier molecular flexibility index (Phi) is 8.85. The number of carbonyl (C=O) groups is 2. The topological polar surface area (TPSA) is 104 Å². The summed E-state index contributed by atoms with van der Waals surface area (Å²) < 4.78 is 14.9. The van der Waals surface area contributed by atoms with Gasteiger partial charge in [-0.2, -0.15) is 4.99 Å². The highest BCUT2D eigenvalue weighted by atomic mass is 79.9. The second-order valence-electron chi connectivity index (χ2n) is 8.80. The number of aromatic nitrogens is 3. The predicted molar refractivity (Wildman–Crippen MR) is 148 cm³/mol. The number of esters is 1. The van der Waals surface area contributed by atoms with Crippen molar-refractivity contribution < 1.29 is 19.1 Å². The molecule has 0 N–H and O–H groups in total. The number of hydrogen-bond donors (Lipinski definition) is 0. The van der Waals surface area contributed by atoms with E-state index in [1.165, 1.54) is 10.5 Å². The Morgan fingerprint density at radius 1 is 1.34 bits per heavy atom. The van der Waals surface area contributed by atoms with E-state index in [4.69, 9.17) is 14.5 Å². The van der Waals surface area contributed by atoms with Crippen LogP contribution >= 0.6 is 15.9 Å². The number of nitrogens with zero attached hydrogens (tertiary/aromatic N) is 4. The van der Waals surface area contributed by atoms with Crippen LogP contribution in [0.4, 0.5) is 0 Å². The quantitative estimate of drug-likeness (QED) is 0.225. The van der Waals surface area contributed by atoms with Gasteiger partial charge in [0.1, 0.15) is 16.9 Å². The Morgan fingerprint density at radius 3 is 2.87 bits per heavy atom. The van der Waals surface area contributed by atoms with Crippen molar-refractivity contribution in [3.8, 4) is 0 Å². The number of aryl methyl sites for hydroxylation is 1. The molecule has 38 heavy (non-hydrogen) atoms. The number of ether oxygens (including phenoxy) is 2. The van der Waals surface area contributed by atoms with E-state index in [9.17, 15) is 14.4 Å². The maximum Gasteiger partial charge on any atom is 0.341 e. The van der Waals surface area contributed by atoms with Crippen molar-refractivity contribution in [2.75, 3.05) is 13.2 Å². The summed E-state index contributed by atoms with van der Waals surface area (Å²) in [4.78, 5) is 48.9.